The summed E-state index contributed by atoms with van der Waals surface area (Å²) in [6.07, 6.45) is 7.99. The molecule has 0 saturated heterocycles. The van der Waals surface area contributed by atoms with Crippen molar-refractivity contribution in [2.45, 2.75) is 52.4 Å². The van der Waals surface area contributed by atoms with Gasteiger partial charge in [0.2, 0.25) is 0 Å². The third-order valence-electron chi connectivity index (χ3n) is 7.68. The molecule has 4 aromatic carbocycles. The number of oxazole rings is 1. The number of unbranched alkanes of at least 4 members (excludes halogenated alkanes) is 1. The van der Waals surface area contributed by atoms with E-state index in [1.54, 1.807) is 36.5 Å². The van der Waals surface area contributed by atoms with Crippen molar-refractivity contribution in [3.8, 4) is 11.6 Å². The molecule has 6 rings (SSSR count). The molecule has 0 aliphatic carbocycles. The summed E-state index contributed by atoms with van der Waals surface area (Å²) in [5, 5.41) is 2.93. The van der Waals surface area contributed by atoms with Crippen molar-refractivity contribution in [3.63, 3.8) is 0 Å². The molecule has 2 aromatic heterocycles. The molecule has 9 heteroatoms. The number of anilines is 3. The van der Waals surface area contributed by atoms with Crippen LogP contribution < -0.4 is 15.0 Å². The Morgan fingerprint density at radius 1 is 0.840 bits per heavy atom. The van der Waals surface area contributed by atoms with E-state index >= 15 is 0 Å². The summed E-state index contributed by atoms with van der Waals surface area (Å²) in [5.74, 6) is 0.878. The number of ether oxygens (including phenoxy) is 1. The van der Waals surface area contributed by atoms with Gasteiger partial charge in [-0.05, 0) is 24.0 Å². The number of nitrogens with zero attached hydrogens (tertiary/aromatic N) is 3. The number of para-hydroxylation sites is 2. The van der Waals surface area contributed by atoms with Crippen molar-refractivity contribution >= 4 is 62.0 Å². The molecule has 258 valence electrons. The van der Waals surface area contributed by atoms with E-state index in [0.717, 1.165) is 17.7 Å². The summed E-state index contributed by atoms with van der Waals surface area (Å²) in [6, 6.07) is 37.2. The molecule has 50 heavy (non-hydrogen) atoms. The molecule has 0 bridgehead atoms. The molecule has 2 heterocycles. The Morgan fingerprint density at radius 2 is 1.56 bits per heavy atom. The zero-order chi connectivity index (χ0) is 35.0. The third kappa shape index (κ3) is 10.2. The molecule has 6 aromatic rings. The number of hydrogen-bond acceptors (Lipinski definition) is 6. The Bertz CT molecular complexity index is 1950. The van der Waals surface area contributed by atoms with Gasteiger partial charge in [-0.3, -0.25) is 4.79 Å². The standard InChI is InChI=1S/C32H31IN4O4.C9H12/c1-2-3-20-33-24-13-7-8-16-27(24)40-31-26(15-10-21-34-31)37(22-38)32-36-30-25(14-9-17-28(30)41-32)35-29(39)19-18-23-11-5-4-6-12-23;1-2-6-9-7-4-3-5-8-9/h4-17,21-22,33H,2-3,18-20H2,1H3,(H,35,39);3-5,7-8H,2,6H2,1H3. The van der Waals surface area contributed by atoms with Gasteiger partial charge in [0, 0.05) is 6.42 Å². The monoisotopic (exact) mass is 782 g/mol. The van der Waals surface area contributed by atoms with E-state index in [-0.39, 0.29) is 17.8 Å². The first-order valence-corrected chi connectivity index (χ1v) is 19.8. The predicted octanol–water partition coefficient (Wildman–Crippen LogP) is 10.2. The van der Waals surface area contributed by atoms with Crippen LogP contribution in [0, 0.1) is 3.57 Å². The first-order chi connectivity index (χ1) is 24.6. The molecule has 8 nitrogen and oxygen atoms in total. The molecule has 0 atom stereocenters. The molecule has 0 radical (unpaired) electrons. The molecule has 0 spiro atoms. The smallest absolute Gasteiger partial charge is 0.0281 e. The summed E-state index contributed by atoms with van der Waals surface area (Å²) < 4.78 is 14.7. The topological polar surface area (TPSA) is 97.6 Å². The molecule has 1 N–H and O–H groups in total. The minimum Gasteiger partial charge on any atom is -0.0651 e. The van der Waals surface area contributed by atoms with Gasteiger partial charge < -0.3 is 0 Å². The summed E-state index contributed by atoms with van der Waals surface area (Å²) in [5.41, 5.74) is 4.32. The predicted molar refractivity (Wildman–Crippen MR) is 211 cm³/mol. The van der Waals surface area contributed by atoms with Crippen LogP contribution in [0.15, 0.2) is 126 Å². The Morgan fingerprint density at radius 3 is 2.28 bits per heavy atom. The summed E-state index contributed by atoms with van der Waals surface area (Å²) in [6.45, 7) is 4.39. The number of rotatable bonds is 15. The van der Waals surface area contributed by atoms with Crippen LogP contribution in [0.3, 0.4) is 0 Å². The zero-order valence-corrected chi connectivity index (χ0v) is 30.8. The summed E-state index contributed by atoms with van der Waals surface area (Å²) in [4.78, 5) is 35.4. The second-order valence-electron chi connectivity index (χ2n) is 11.5. The largest absolute Gasteiger partial charge is 0.0651 e. The number of carbonyl (C=O) groups is 2. The minimum atomic E-state index is -0.417. The van der Waals surface area contributed by atoms with Gasteiger partial charge in [0.05, 0.1) is 0 Å². The number of pyridine rings is 1. The van der Waals surface area contributed by atoms with Crippen LogP contribution in [-0.4, -0.2) is 26.7 Å². The van der Waals surface area contributed by atoms with E-state index < -0.39 is 21.2 Å². The number of carbonyl (C=O) groups excluding carboxylic acids is 2. The van der Waals surface area contributed by atoms with Gasteiger partial charge in [0.25, 0.3) is 0 Å². The number of aromatic nitrogens is 2. The second-order valence-corrected chi connectivity index (χ2v) is 14.7. The number of nitrogens with one attached hydrogen (secondary N) is 1. The number of amides is 2. The van der Waals surface area contributed by atoms with Crippen LogP contribution in [0.5, 0.6) is 11.6 Å². The van der Waals surface area contributed by atoms with Crippen LogP contribution in [-0.2, 0) is 22.4 Å². The molecule has 0 unspecified atom stereocenters. The number of aryl methyl sites for hydroxylation is 2. The van der Waals surface area contributed by atoms with Crippen molar-refractivity contribution in [2.24, 2.45) is 0 Å². The van der Waals surface area contributed by atoms with Crippen molar-refractivity contribution < 1.29 is 18.7 Å². The first kappa shape index (κ1) is 36.3. The van der Waals surface area contributed by atoms with Gasteiger partial charge in [0.15, 0.2) is 0 Å². The minimum absolute atomic E-state index is 0.0452. The first-order valence-electron chi connectivity index (χ1n) is 17.0. The maximum Gasteiger partial charge on any atom is -0.0281 e. The van der Waals surface area contributed by atoms with Gasteiger partial charge in [0.1, 0.15) is 0 Å². The van der Waals surface area contributed by atoms with Crippen LogP contribution in [0.25, 0.3) is 11.1 Å². The van der Waals surface area contributed by atoms with E-state index in [1.807, 2.05) is 48.5 Å². The van der Waals surface area contributed by atoms with E-state index in [4.69, 9.17) is 9.15 Å². The molecule has 0 aliphatic heterocycles. The number of hydrogen-bond donors (Lipinski definition) is 1. The van der Waals surface area contributed by atoms with Gasteiger partial charge in [-0.25, -0.2) is 0 Å². The number of benzene rings is 4. The maximum absolute atomic E-state index is 12.7. The fourth-order valence-corrected chi connectivity index (χ4v) is 8.20. The Kier molecular flexibility index (Phi) is 13.9. The van der Waals surface area contributed by atoms with Gasteiger partial charge in [-0.15, -0.1) is 0 Å². The maximum atomic E-state index is 12.7. The van der Waals surface area contributed by atoms with Gasteiger partial charge in [-0.1, -0.05) is 74.0 Å². The normalized spacial score (nSPS) is 10.7. The Hall–Kier alpha value is -5.03. The number of fused-ring (bicyclic) bond motifs is 1. The Labute approximate surface area is 304 Å². The number of halogens is 1. The Balaban J connectivity index is 0.000000470. The van der Waals surface area contributed by atoms with E-state index in [9.17, 15) is 9.59 Å². The van der Waals surface area contributed by atoms with Crippen LogP contribution in [0.4, 0.5) is 17.4 Å². The summed E-state index contributed by atoms with van der Waals surface area (Å²) in [7, 11) is 0. The molecular formula is C41H43IN4O4. The van der Waals surface area contributed by atoms with Crippen molar-refractivity contribution in [1.29, 1.82) is 0 Å². The van der Waals surface area contributed by atoms with E-state index in [0.29, 0.717) is 41.7 Å². The van der Waals surface area contributed by atoms with Crippen molar-refractivity contribution in [1.82, 2.24) is 9.97 Å². The number of alkyl halides is 1. The third-order valence-corrected chi connectivity index (χ3v) is 10.9. The fourth-order valence-electron chi connectivity index (χ4n) is 5.12. The van der Waals surface area contributed by atoms with Crippen molar-refractivity contribution in [3.05, 3.63) is 136 Å². The summed E-state index contributed by atoms with van der Waals surface area (Å²) >= 11 is -0.417. The van der Waals surface area contributed by atoms with Crippen LogP contribution in [0.1, 0.15) is 50.7 Å². The fraction of sp³-hybridized carbons (Fsp3) is 0.220. The van der Waals surface area contributed by atoms with Crippen molar-refractivity contribution in [2.75, 3.05) is 14.6 Å². The average molecular weight is 783 g/mol. The average Bonchev–Trinajstić information content (AvgIpc) is 3.59. The second kappa shape index (κ2) is 19.2. The van der Waals surface area contributed by atoms with E-state index in [2.05, 4.69) is 65.5 Å². The molecule has 0 saturated carbocycles. The SMILES string of the molecule is CCCC[IH]c1ccccc1Oc1ncccc1N(C=O)c1nc2c(NC(=O)CCc3ccccc3)cccc2o1.CCCc1ccccc1. The van der Waals surface area contributed by atoms with E-state index in [1.165, 1.54) is 37.7 Å². The van der Waals surface area contributed by atoms with Gasteiger partial charge in [-0.2, -0.15) is 0 Å². The zero-order valence-electron chi connectivity index (χ0n) is 28.5. The van der Waals surface area contributed by atoms with Crippen LogP contribution in [0.2, 0.25) is 0 Å². The molecule has 2 amide bonds. The molecular weight excluding hydrogens is 739 g/mol. The van der Waals surface area contributed by atoms with Crippen LogP contribution >= 0.6 is 21.2 Å². The van der Waals surface area contributed by atoms with Gasteiger partial charge >= 0.3 is 196 Å². The molecule has 0 aliphatic rings. The quantitative estimate of drug-likeness (QED) is 0.0482. The molecule has 0 fully saturated rings.